The van der Waals surface area contributed by atoms with E-state index < -0.39 is 17.2 Å². The van der Waals surface area contributed by atoms with Crippen LogP contribution >= 0.6 is 0 Å². The largest absolute Gasteiger partial charge is 0.490 e. The zero-order valence-corrected chi connectivity index (χ0v) is 9.30. The molecule has 1 fully saturated rings. The van der Waals surface area contributed by atoms with Gasteiger partial charge in [-0.2, -0.15) is 13.2 Å². The quantitative estimate of drug-likeness (QED) is 0.776. The van der Waals surface area contributed by atoms with Crippen LogP contribution in [0.1, 0.15) is 18.4 Å². The Labute approximate surface area is 101 Å². The van der Waals surface area contributed by atoms with Gasteiger partial charge in [0.15, 0.2) is 0 Å². The number of nitrogens with one attached hydrogen (secondary N) is 1. The predicted molar refractivity (Wildman–Crippen MR) is 57.2 cm³/mol. The van der Waals surface area contributed by atoms with Gasteiger partial charge in [-0.25, -0.2) is 0 Å². The molecular formula is C12H10F3NO2. The monoisotopic (exact) mass is 257 g/mol. The van der Waals surface area contributed by atoms with Gasteiger partial charge in [0.2, 0.25) is 5.91 Å². The van der Waals surface area contributed by atoms with Gasteiger partial charge in [-0.05, 0) is 31.0 Å². The number of hydrogen-bond acceptors (Lipinski definition) is 2. The number of rotatable bonds is 0. The van der Waals surface area contributed by atoms with Crippen LogP contribution in [0, 0.1) is 5.41 Å². The van der Waals surface area contributed by atoms with Crippen LogP contribution in [0.15, 0.2) is 18.2 Å². The Kier molecular flexibility index (Phi) is 2.15. The predicted octanol–water partition coefficient (Wildman–Crippen LogP) is 2.82. The average molecular weight is 257 g/mol. The number of anilines is 1. The van der Waals surface area contributed by atoms with Crippen molar-refractivity contribution >= 4 is 11.6 Å². The van der Waals surface area contributed by atoms with Gasteiger partial charge in [0.1, 0.15) is 12.4 Å². The highest BCUT2D eigenvalue weighted by Crippen LogP contribution is 2.49. The van der Waals surface area contributed by atoms with E-state index in [1.54, 1.807) is 0 Å². The molecule has 1 saturated carbocycles. The third kappa shape index (κ3) is 1.72. The zero-order chi connectivity index (χ0) is 13.0. The second-order valence-corrected chi connectivity index (χ2v) is 4.73. The smallest absolute Gasteiger partial charge is 0.416 e. The first-order chi connectivity index (χ1) is 8.41. The molecule has 0 bridgehead atoms. The first-order valence-corrected chi connectivity index (χ1v) is 5.56. The van der Waals surface area contributed by atoms with E-state index in [0.29, 0.717) is 5.75 Å². The minimum Gasteiger partial charge on any atom is -0.490 e. The first-order valence-electron chi connectivity index (χ1n) is 5.56. The van der Waals surface area contributed by atoms with Crippen LogP contribution in [0.4, 0.5) is 18.9 Å². The number of halogens is 3. The molecule has 1 aromatic carbocycles. The van der Waals surface area contributed by atoms with Crippen molar-refractivity contribution in [3.8, 4) is 5.75 Å². The van der Waals surface area contributed by atoms with E-state index >= 15 is 0 Å². The summed E-state index contributed by atoms with van der Waals surface area (Å²) in [7, 11) is 0. The Balaban J connectivity index is 1.98. The highest BCUT2D eigenvalue weighted by Gasteiger charge is 2.52. The Bertz CT molecular complexity index is 521. The van der Waals surface area contributed by atoms with Crippen molar-refractivity contribution in [1.29, 1.82) is 0 Å². The van der Waals surface area contributed by atoms with Crippen LogP contribution in [0.25, 0.3) is 0 Å². The van der Waals surface area contributed by atoms with Gasteiger partial charge in [0.05, 0.1) is 16.7 Å². The second-order valence-electron chi connectivity index (χ2n) is 4.73. The molecule has 6 heteroatoms. The molecule has 1 heterocycles. The Morgan fingerprint density at radius 2 is 2.00 bits per heavy atom. The highest BCUT2D eigenvalue weighted by molar-refractivity contribution is 5.99. The molecule has 0 aromatic heterocycles. The number of amides is 1. The molecule has 3 nitrogen and oxygen atoms in total. The number of benzene rings is 1. The van der Waals surface area contributed by atoms with E-state index in [2.05, 4.69) is 5.32 Å². The van der Waals surface area contributed by atoms with Crippen molar-refractivity contribution in [3.05, 3.63) is 23.8 Å². The minimum absolute atomic E-state index is 0.0959. The van der Waals surface area contributed by atoms with Crippen molar-refractivity contribution in [3.63, 3.8) is 0 Å². The van der Waals surface area contributed by atoms with Crippen molar-refractivity contribution in [2.75, 3.05) is 11.9 Å². The summed E-state index contributed by atoms with van der Waals surface area (Å²) < 4.78 is 43.1. The summed E-state index contributed by atoms with van der Waals surface area (Å²) in [4.78, 5) is 11.8. The fraction of sp³-hybridized carbons (Fsp3) is 0.417. The van der Waals surface area contributed by atoms with Crippen LogP contribution < -0.4 is 10.1 Å². The van der Waals surface area contributed by atoms with E-state index in [1.807, 2.05) is 0 Å². The third-order valence-electron chi connectivity index (χ3n) is 3.39. The first kappa shape index (κ1) is 11.4. The van der Waals surface area contributed by atoms with Gasteiger partial charge < -0.3 is 10.1 Å². The van der Waals surface area contributed by atoms with Crippen LogP contribution in [0.5, 0.6) is 5.75 Å². The summed E-state index contributed by atoms with van der Waals surface area (Å²) in [5.74, 6) is 0.0423. The van der Waals surface area contributed by atoms with Crippen LogP contribution in [0.3, 0.4) is 0 Å². The molecule has 0 atom stereocenters. The molecular weight excluding hydrogens is 247 g/mol. The average Bonchev–Trinajstić information content (AvgIpc) is 3.07. The van der Waals surface area contributed by atoms with E-state index in [0.717, 1.165) is 25.0 Å². The summed E-state index contributed by atoms with van der Waals surface area (Å²) in [5.41, 5.74) is -1.23. The van der Waals surface area contributed by atoms with Gasteiger partial charge in [-0.15, -0.1) is 0 Å². The lowest BCUT2D eigenvalue weighted by atomic mass is 10.1. The highest BCUT2D eigenvalue weighted by atomic mass is 19.4. The molecule has 3 rings (SSSR count). The molecule has 1 amide bonds. The minimum atomic E-state index is -4.43. The molecule has 0 radical (unpaired) electrons. The maximum Gasteiger partial charge on any atom is 0.416 e. The van der Waals surface area contributed by atoms with Crippen molar-refractivity contribution < 1.29 is 22.7 Å². The zero-order valence-electron chi connectivity index (χ0n) is 9.30. The summed E-state index contributed by atoms with van der Waals surface area (Å²) in [6.45, 7) is 0.233. The Morgan fingerprint density at radius 1 is 1.28 bits per heavy atom. The third-order valence-corrected chi connectivity index (χ3v) is 3.39. The summed E-state index contributed by atoms with van der Waals surface area (Å²) in [6, 6.07) is 3.12. The van der Waals surface area contributed by atoms with E-state index in [4.69, 9.17) is 4.74 Å². The molecule has 1 aliphatic carbocycles. The Morgan fingerprint density at radius 3 is 2.61 bits per heavy atom. The molecule has 96 valence electrons. The fourth-order valence-corrected chi connectivity index (χ4v) is 1.99. The number of alkyl halides is 3. The van der Waals surface area contributed by atoms with Crippen molar-refractivity contribution in [1.82, 2.24) is 0 Å². The van der Waals surface area contributed by atoms with Crippen LogP contribution in [-0.4, -0.2) is 12.5 Å². The van der Waals surface area contributed by atoms with Crippen molar-refractivity contribution in [2.24, 2.45) is 5.41 Å². The lowest BCUT2D eigenvalue weighted by Gasteiger charge is -2.11. The molecule has 1 aromatic rings. The molecule has 1 N–H and O–H groups in total. The molecule has 0 saturated heterocycles. The normalized spacial score (nSPS) is 20.7. The number of carbonyl (C=O) groups excluding carboxylic acids is 1. The lowest BCUT2D eigenvalue weighted by molar-refractivity contribution is -0.137. The van der Waals surface area contributed by atoms with Crippen LogP contribution in [-0.2, 0) is 11.0 Å². The topological polar surface area (TPSA) is 38.3 Å². The Hall–Kier alpha value is -1.72. The number of fused-ring (bicyclic) bond motifs is 1. The fourth-order valence-electron chi connectivity index (χ4n) is 1.99. The molecule has 2 aliphatic rings. The summed E-state index contributed by atoms with van der Waals surface area (Å²) >= 11 is 0. The lowest BCUT2D eigenvalue weighted by Crippen LogP contribution is -2.26. The van der Waals surface area contributed by atoms with Gasteiger partial charge in [-0.1, -0.05) is 0 Å². The second kappa shape index (κ2) is 3.40. The molecule has 18 heavy (non-hydrogen) atoms. The number of carbonyl (C=O) groups is 1. The molecule has 1 spiro atoms. The van der Waals surface area contributed by atoms with E-state index in [9.17, 15) is 18.0 Å². The standard InChI is InChI=1S/C12H10F3NO2/c13-12(14,15)7-1-2-9-8(5-7)16-10(17)11(3-4-11)6-18-9/h1-2,5H,3-4,6H2,(H,16,17). The van der Waals surface area contributed by atoms with Crippen molar-refractivity contribution in [2.45, 2.75) is 19.0 Å². The van der Waals surface area contributed by atoms with Crippen LogP contribution in [0.2, 0.25) is 0 Å². The van der Waals surface area contributed by atoms with Gasteiger partial charge in [0, 0.05) is 0 Å². The summed E-state index contributed by atoms with van der Waals surface area (Å²) in [6.07, 6.45) is -2.98. The number of hydrogen-bond donors (Lipinski definition) is 1. The number of ether oxygens (including phenoxy) is 1. The van der Waals surface area contributed by atoms with Gasteiger partial charge >= 0.3 is 6.18 Å². The van der Waals surface area contributed by atoms with Gasteiger partial charge in [0.25, 0.3) is 0 Å². The van der Waals surface area contributed by atoms with E-state index in [1.165, 1.54) is 6.07 Å². The molecule has 1 aliphatic heterocycles. The van der Waals surface area contributed by atoms with Gasteiger partial charge in [-0.3, -0.25) is 4.79 Å². The maximum absolute atomic E-state index is 12.6. The van der Waals surface area contributed by atoms with E-state index in [-0.39, 0.29) is 18.2 Å². The SMILES string of the molecule is O=C1Nc2cc(C(F)(F)F)ccc2OCC12CC2. The summed E-state index contributed by atoms with van der Waals surface area (Å²) in [5, 5.41) is 2.52. The maximum atomic E-state index is 12.6. The molecule has 0 unspecified atom stereocenters.